The van der Waals surface area contributed by atoms with Crippen molar-refractivity contribution in [2.75, 3.05) is 0 Å². The zero-order chi connectivity index (χ0) is 13.9. The summed E-state index contributed by atoms with van der Waals surface area (Å²) < 4.78 is 0. The second-order valence-electron chi connectivity index (χ2n) is 5.90. The van der Waals surface area contributed by atoms with Crippen molar-refractivity contribution in [1.82, 2.24) is 10.6 Å². The van der Waals surface area contributed by atoms with E-state index >= 15 is 0 Å². The molecule has 20 heavy (non-hydrogen) atoms. The van der Waals surface area contributed by atoms with Crippen LogP contribution < -0.4 is 10.6 Å². The Morgan fingerprint density at radius 3 is 2.65 bits per heavy atom. The molecule has 4 nitrogen and oxygen atoms in total. The number of urea groups is 1. The Morgan fingerprint density at radius 1 is 1.10 bits per heavy atom. The predicted octanol–water partition coefficient (Wildman–Crippen LogP) is 2.28. The van der Waals surface area contributed by atoms with Crippen LogP contribution in [-0.4, -0.2) is 23.3 Å². The lowest BCUT2D eigenvalue weighted by Crippen LogP contribution is -2.45. The van der Waals surface area contributed by atoms with Crippen molar-refractivity contribution in [3.8, 4) is 0 Å². The van der Waals surface area contributed by atoms with Crippen LogP contribution in [0.3, 0.4) is 0 Å². The van der Waals surface area contributed by atoms with E-state index in [0.717, 1.165) is 24.0 Å². The molecule has 1 fully saturated rings. The van der Waals surface area contributed by atoms with Crippen molar-refractivity contribution in [3.63, 3.8) is 0 Å². The summed E-state index contributed by atoms with van der Waals surface area (Å²) in [6.07, 6.45) is 5.89. The molecule has 3 N–H and O–H groups in total. The maximum atomic E-state index is 12.1. The van der Waals surface area contributed by atoms with E-state index in [-0.39, 0.29) is 18.1 Å². The van der Waals surface area contributed by atoms with Gasteiger partial charge in [-0.1, -0.05) is 43.5 Å². The number of rotatable bonds is 2. The second kappa shape index (κ2) is 5.83. The predicted molar refractivity (Wildman–Crippen MR) is 77.4 cm³/mol. The summed E-state index contributed by atoms with van der Waals surface area (Å²) in [6, 6.07) is 7.77. The summed E-state index contributed by atoms with van der Waals surface area (Å²) in [6.45, 7) is 0. The lowest BCUT2D eigenvalue weighted by atomic mass is 9.96. The number of hydrogen-bond acceptors (Lipinski definition) is 2. The zero-order valence-corrected chi connectivity index (χ0v) is 11.6. The van der Waals surface area contributed by atoms with Crippen molar-refractivity contribution in [3.05, 3.63) is 35.4 Å². The Balaban J connectivity index is 1.61. The molecule has 0 aromatic heterocycles. The van der Waals surface area contributed by atoms with E-state index in [1.54, 1.807) is 0 Å². The van der Waals surface area contributed by atoms with E-state index in [4.69, 9.17) is 0 Å². The van der Waals surface area contributed by atoms with Crippen LogP contribution in [0, 0.1) is 0 Å². The van der Waals surface area contributed by atoms with Crippen molar-refractivity contribution in [2.24, 2.45) is 0 Å². The average molecular weight is 274 g/mol. The van der Waals surface area contributed by atoms with Gasteiger partial charge in [0.2, 0.25) is 0 Å². The summed E-state index contributed by atoms with van der Waals surface area (Å²) >= 11 is 0. The average Bonchev–Trinajstić information content (AvgIpc) is 2.76. The monoisotopic (exact) mass is 274 g/mol. The molecule has 108 valence electrons. The number of nitrogens with one attached hydrogen (secondary N) is 2. The quantitative estimate of drug-likeness (QED) is 0.775. The highest BCUT2D eigenvalue weighted by Crippen LogP contribution is 2.31. The van der Waals surface area contributed by atoms with Gasteiger partial charge in [0, 0.05) is 12.5 Å². The molecule has 2 atom stereocenters. The molecule has 4 heteroatoms. The molecule has 2 amide bonds. The first-order valence-corrected chi connectivity index (χ1v) is 7.57. The molecule has 0 aliphatic heterocycles. The first-order chi connectivity index (χ1) is 9.74. The number of benzene rings is 1. The molecule has 1 aromatic carbocycles. The van der Waals surface area contributed by atoms with Crippen LogP contribution in [0.2, 0.25) is 0 Å². The largest absolute Gasteiger partial charge is 0.390 e. The summed E-state index contributed by atoms with van der Waals surface area (Å²) in [5.74, 6) is 0. The Bertz CT molecular complexity index is 483. The maximum Gasteiger partial charge on any atom is 0.315 e. The first-order valence-electron chi connectivity index (χ1n) is 7.57. The van der Waals surface area contributed by atoms with Crippen LogP contribution in [-0.2, 0) is 6.42 Å². The van der Waals surface area contributed by atoms with Crippen LogP contribution in [0.25, 0.3) is 0 Å². The number of carbonyl (C=O) groups is 1. The molecule has 0 radical (unpaired) electrons. The Kier molecular flexibility index (Phi) is 3.92. The van der Waals surface area contributed by atoms with Gasteiger partial charge in [-0.2, -0.15) is 0 Å². The van der Waals surface area contributed by atoms with Crippen LogP contribution >= 0.6 is 0 Å². The zero-order valence-electron chi connectivity index (χ0n) is 11.6. The van der Waals surface area contributed by atoms with E-state index in [9.17, 15) is 9.90 Å². The maximum absolute atomic E-state index is 12.1. The number of fused-ring (bicyclic) bond motifs is 1. The summed E-state index contributed by atoms with van der Waals surface area (Å²) in [5, 5.41) is 16.1. The Hall–Kier alpha value is -1.55. The highest BCUT2D eigenvalue weighted by Gasteiger charge is 2.32. The van der Waals surface area contributed by atoms with Gasteiger partial charge < -0.3 is 15.7 Å². The van der Waals surface area contributed by atoms with Crippen LogP contribution in [0.5, 0.6) is 0 Å². The highest BCUT2D eigenvalue weighted by atomic mass is 16.3. The molecular weight excluding hydrogens is 252 g/mol. The van der Waals surface area contributed by atoms with Gasteiger partial charge in [-0.3, -0.25) is 0 Å². The van der Waals surface area contributed by atoms with Crippen molar-refractivity contribution >= 4 is 6.03 Å². The van der Waals surface area contributed by atoms with E-state index in [0.29, 0.717) is 6.42 Å². The van der Waals surface area contributed by atoms with Crippen LogP contribution in [0.1, 0.15) is 49.3 Å². The number of hydrogen-bond donors (Lipinski definition) is 3. The van der Waals surface area contributed by atoms with Gasteiger partial charge in [-0.15, -0.1) is 0 Å². The van der Waals surface area contributed by atoms with Gasteiger partial charge in [0.15, 0.2) is 0 Å². The molecular formula is C16H22N2O2. The van der Waals surface area contributed by atoms with Crippen molar-refractivity contribution < 1.29 is 9.90 Å². The summed E-state index contributed by atoms with van der Waals surface area (Å²) in [7, 11) is 0. The fraction of sp³-hybridized carbons (Fsp3) is 0.562. The number of aliphatic hydroxyl groups excluding tert-OH is 1. The topological polar surface area (TPSA) is 61.4 Å². The third-order valence-corrected chi connectivity index (χ3v) is 4.43. The lowest BCUT2D eigenvalue weighted by molar-refractivity contribution is 0.141. The van der Waals surface area contributed by atoms with E-state index in [1.165, 1.54) is 19.3 Å². The summed E-state index contributed by atoms with van der Waals surface area (Å²) in [5.41, 5.74) is 2.17. The molecule has 2 aliphatic rings. The molecule has 0 saturated heterocycles. The standard InChI is InChI=1S/C16H22N2O2/c19-14-10-11-6-4-5-9-13(11)15(14)18-16(20)17-12-7-2-1-3-8-12/h4-6,9,12,14-15,19H,1-3,7-8,10H2,(H2,17,18,20)/t14-,15+/m0/s1. The van der Waals surface area contributed by atoms with Gasteiger partial charge >= 0.3 is 6.03 Å². The summed E-state index contributed by atoms with van der Waals surface area (Å²) in [4.78, 5) is 12.1. The molecule has 2 aliphatic carbocycles. The SMILES string of the molecule is O=C(NC1CCCCC1)N[C@@H]1c2ccccc2C[C@@H]1O. The van der Waals surface area contributed by atoms with Gasteiger partial charge in [-0.05, 0) is 24.0 Å². The molecule has 0 heterocycles. The molecule has 3 rings (SSSR count). The molecule has 0 spiro atoms. The molecule has 1 aromatic rings. The van der Waals surface area contributed by atoms with Crippen LogP contribution in [0.4, 0.5) is 4.79 Å². The van der Waals surface area contributed by atoms with E-state index in [2.05, 4.69) is 10.6 Å². The minimum atomic E-state index is -0.524. The fourth-order valence-electron chi connectivity index (χ4n) is 3.36. The minimum Gasteiger partial charge on any atom is -0.390 e. The fourth-order valence-corrected chi connectivity index (χ4v) is 3.36. The highest BCUT2D eigenvalue weighted by molar-refractivity contribution is 5.75. The third kappa shape index (κ3) is 2.80. The van der Waals surface area contributed by atoms with Crippen LogP contribution in [0.15, 0.2) is 24.3 Å². The minimum absolute atomic E-state index is 0.155. The normalized spacial score (nSPS) is 26.1. The van der Waals surface area contributed by atoms with E-state index < -0.39 is 6.10 Å². The second-order valence-corrected chi connectivity index (χ2v) is 5.90. The Labute approximate surface area is 119 Å². The first kappa shape index (κ1) is 13.4. The molecule has 1 saturated carbocycles. The van der Waals surface area contributed by atoms with Gasteiger partial charge in [0.1, 0.15) is 0 Å². The van der Waals surface area contributed by atoms with Crippen molar-refractivity contribution in [2.45, 2.75) is 56.7 Å². The Morgan fingerprint density at radius 2 is 1.85 bits per heavy atom. The van der Waals surface area contributed by atoms with Gasteiger partial charge in [0.05, 0.1) is 12.1 Å². The number of amides is 2. The third-order valence-electron chi connectivity index (χ3n) is 4.43. The molecule has 0 unspecified atom stereocenters. The lowest BCUT2D eigenvalue weighted by Gasteiger charge is -2.25. The van der Waals surface area contributed by atoms with Gasteiger partial charge in [0.25, 0.3) is 0 Å². The van der Waals surface area contributed by atoms with E-state index in [1.807, 2.05) is 24.3 Å². The van der Waals surface area contributed by atoms with Gasteiger partial charge in [-0.25, -0.2) is 4.79 Å². The van der Waals surface area contributed by atoms with Crippen molar-refractivity contribution in [1.29, 1.82) is 0 Å². The smallest absolute Gasteiger partial charge is 0.315 e. The number of carbonyl (C=O) groups excluding carboxylic acids is 1. The molecule has 0 bridgehead atoms. The number of aliphatic hydroxyl groups is 1.